The van der Waals surface area contributed by atoms with Crippen LogP contribution in [0.5, 0.6) is 0 Å². The first-order valence-electron chi connectivity index (χ1n) is 3.70. The highest BCUT2D eigenvalue weighted by Gasteiger charge is 1.95. The van der Waals surface area contributed by atoms with Gasteiger partial charge in [0.05, 0.1) is 0 Å². The smallest absolute Gasteiger partial charge is 0.0451 e. The van der Waals surface area contributed by atoms with E-state index in [2.05, 4.69) is 37.7 Å². The van der Waals surface area contributed by atoms with Gasteiger partial charge in [-0.05, 0) is 5.41 Å². The molecule has 0 saturated carbocycles. The van der Waals surface area contributed by atoms with Crippen molar-refractivity contribution in [1.29, 1.82) is 0 Å². The SMILES string of the molecule is C.CC(C)(C)C.c1cnccn1. The van der Waals surface area contributed by atoms with E-state index < -0.39 is 0 Å². The quantitative estimate of drug-likeness (QED) is 0.594. The highest BCUT2D eigenvalue weighted by Crippen LogP contribution is 2.07. The summed E-state index contributed by atoms with van der Waals surface area (Å²) in [7, 11) is 0. The van der Waals surface area contributed by atoms with Crippen LogP contribution in [0.4, 0.5) is 0 Å². The van der Waals surface area contributed by atoms with Crippen molar-refractivity contribution in [3.63, 3.8) is 0 Å². The van der Waals surface area contributed by atoms with Crippen LogP contribution in [0.25, 0.3) is 0 Å². The van der Waals surface area contributed by atoms with Crippen LogP contribution in [0.2, 0.25) is 0 Å². The number of aromatic nitrogens is 2. The van der Waals surface area contributed by atoms with Gasteiger partial charge in [0.25, 0.3) is 0 Å². The Morgan fingerprint density at radius 3 is 1.00 bits per heavy atom. The monoisotopic (exact) mass is 168 g/mol. The standard InChI is InChI=1S/C5H12.C4H4N2.CH4/c1-5(2,3)4;1-2-6-4-3-5-1;/h1-4H3;1-4H;1H4. The van der Waals surface area contributed by atoms with E-state index in [1.807, 2.05) is 0 Å². The molecule has 0 bridgehead atoms. The fourth-order valence-corrected chi connectivity index (χ4v) is 0.253. The van der Waals surface area contributed by atoms with Crippen molar-refractivity contribution in [1.82, 2.24) is 9.97 Å². The third-order valence-corrected chi connectivity index (χ3v) is 0.478. The Hall–Kier alpha value is -0.920. The topological polar surface area (TPSA) is 25.8 Å². The third kappa shape index (κ3) is 23.0. The van der Waals surface area contributed by atoms with Crippen molar-refractivity contribution in [2.45, 2.75) is 35.1 Å². The van der Waals surface area contributed by atoms with Crippen LogP contribution in [-0.4, -0.2) is 9.97 Å². The van der Waals surface area contributed by atoms with Crippen LogP contribution in [0, 0.1) is 5.41 Å². The summed E-state index contributed by atoms with van der Waals surface area (Å²) in [6.45, 7) is 8.75. The van der Waals surface area contributed by atoms with Gasteiger partial charge in [-0.3, -0.25) is 9.97 Å². The van der Waals surface area contributed by atoms with Gasteiger partial charge in [-0.25, -0.2) is 0 Å². The second-order valence-electron chi connectivity index (χ2n) is 3.89. The van der Waals surface area contributed by atoms with Gasteiger partial charge < -0.3 is 0 Å². The molecule has 2 heteroatoms. The summed E-state index contributed by atoms with van der Waals surface area (Å²) in [6, 6.07) is 0. The van der Waals surface area contributed by atoms with E-state index in [1.54, 1.807) is 24.8 Å². The Balaban J connectivity index is 0. The number of hydrogen-bond acceptors (Lipinski definition) is 2. The van der Waals surface area contributed by atoms with Crippen molar-refractivity contribution in [3.05, 3.63) is 24.8 Å². The molecule has 0 amide bonds. The first kappa shape index (κ1) is 13.7. The maximum absolute atomic E-state index is 3.72. The van der Waals surface area contributed by atoms with Gasteiger partial charge in [-0.15, -0.1) is 0 Å². The average Bonchev–Trinajstić information content (AvgIpc) is 1.88. The molecule has 0 N–H and O–H groups in total. The second kappa shape index (κ2) is 6.77. The zero-order valence-corrected chi connectivity index (χ0v) is 7.70. The lowest BCUT2D eigenvalue weighted by molar-refractivity contribution is 0.469. The summed E-state index contributed by atoms with van der Waals surface area (Å²) in [5.74, 6) is 0. The fraction of sp³-hybridized carbons (Fsp3) is 0.600. The lowest BCUT2D eigenvalue weighted by Crippen LogP contribution is -1.93. The van der Waals surface area contributed by atoms with Gasteiger partial charge in [-0.2, -0.15) is 0 Å². The molecule has 70 valence electrons. The third-order valence-electron chi connectivity index (χ3n) is 0.478. The molecule has 0 aliphatic heterocycles. The molecule has 0 radical (unpaired) electrons. The minimum Gasteiger partial charge on any atom is -0.262 e. The molecule has 0 aromatic carbocycles. The minimum absolute atomic E-state index is 0. The zero-order valence-electron chi connectivity index (χ0n) is 7.70. The minimum atomic E-state index is 0. The van der Waals surface area contributed by atoms with E-state index in [4.69, 9.17) is 0 Å². The van der Waals surface area contributed by atoms with E-state index in [0.29, 0.717) is 5.41 Å². The molecule has 0 unspecified atom stereocenters. The predicted molar refractivity (Wildman–Crippen MR) is 53.9 cm³/mol. The zero-order chi connectivity index (χ0) is 8.74. The van der Waals surface area contributed by atoms with Crippen molar-refractivity contribution in [3.8, 4) is 0 Å². The van der Waals surface area contributed by atoms with E-state index >= 15 is 0 Å². The van der Waals surface area contributed by atoms with E-state index in [1.165, 1.54) is 0 Å². The molecule has 0 saturated heterocycles. The van der Waals surface area contributed by atoms with Crippen LogP contribution in [0.1, 0.15) is 35.1 Å². The van der Waals surface area contributed by atoms with Crippen molar-refractivity contribution < 1.29 is 0 Å². The van der Waals surface area contributed by atoms with Gasteiger partial charge in [0, 0.05) is 24.8 Å². The molecular formula is C10H20N2. The molecular weight excluding hydrogens is 148 g/mol. The Morgan fingerprint density at radius 2 is 0.917 bits per heavy atom. The molecule has 1 rings (SSSR count). The van der Waals surface area contributed by atoms with Gasteiger partial charge >= 0.3 is 0 Å². The summed E-state index contributed by atoms with van der Waals surface area (Å²) < 4.78 is 0. The van der Waals surface area contributed by atoms with Gasteiger partial charge in [0.2, 0.25) is 0 Å². The van der Waals surface area contributed by atoms with Gasteiger partial charge in [0.15, 0.2) is 0 Å². The van der Waals surface area contributed by atoms with Crippen molar-refractivity contribution >= 4 is 0 Å². The highest BCUT2D eigenvalue weighted by molar-refractivity contribution is 4.70. The Morgan fingerprint density at radius 1 is 0.750 bits per heavy atom. The lowest BCUT2D eigenvalue weighted by Gasteiger charge is -2.05. The maximum Gasteiger partial charge on any atom is 0.0451 e. The van der Waals surface area contributed by atoms with Gasteiger partial charge in [-0.1, -0.05) is 35.1 Å². The summed E-state index contributed by atoms with van der Waals surface area (Å²) in [6.07, 6.45) is 6.56. The molecule has 1 aromatic rings. The molecule has 12 heavy (non-hydrogen) atoms. The van der Waals surface area contributed by atoms with Crippen LogP contribution in [0.15, 0.2) is 24.8 Å². The largest absolute Gasteiger partial charge is 0.262 e. The Bertz CT molecular complexity index is 132. The average molecular weight is 168 g/mol. The molecule has 0 atom stereocenters. The van der Waals surface area contributed by atoms with E-state index in [-0.39, 0.29) is 7.43 Å². The van der Waals surface area contributed by atoms with E-state index in [0.717, 1.165) is 0 Å². The first-order valence-corrected chi connectivity index (χ1v) is 3.70. The van der Waals surface area contributed by atoms with Crippen LogP contribution < -0.4 is 0 Å². The van der Waals surface area contributed by atoms with E-state index in [9.17, 15) is 0 Å². The summed E-state index contributed by atoms with van der Waals surface area (Å²) in [4.78, 5) is 7.44. The number of nitrogens with zero attached hydrogens (tertiary/aromatic N) is 2. The lowest BCUT2D eigenvalue weighted by atomic mass is 10.0. The van der Waals surface area contributed by atoms with Crippen LogP contribution in [-0.2, 0) is 0 Å². The molecule has 0 fully saturated rings. The highest BCUT2D eigenvalue weighted by atomic mass is 14.7. The Kier molecular flexibility index (Phi) is 7.70. The molecule has 1 heterocycles. The molecule has 0 spiro atoms. The fourth-order valence-electron chi connectivity index (χ4n) is 0.253. The molecule has 0 aliphatic rings. The second-order valence-corrected chi connectivity index (χ2v) is 3.89. The Labute approximate surface area is 76.1 Å². The first-order chi connectivity index (χ1) is 5.00. The molecule has 2 nitrogen and oxygen atoms in total. The number of hydrogen-bond donors (Lipinski definition) is 0. The summed E-state index contributed by atoms with van der Waals surface area (Å²) in [5, 5.41) is 0. The van der Waals surface area contributed by atoms with Crippen molar-refractivity contribution in [2.75, 3.05) is 0 Å². The normalized spacial score (nSPS) is 9.00. The number of rotatable bonds is 0. The molecule has 0 aliphatic carbocycles. The summed E-state index contributed by atoms with van der Waals surface area (Å²) >= 11 is 0. The van der Waals surface area contributed by atoms with Crippen LogP contribution in [0.3, 0.4) is 0 Å². The maximum atomic E-state index is 3.72. The predicted octanol–water partition coefficient (Wildman–Crippen LogP) is 3.17. The van der Waals surface area contributed by atoms with Gasteiger partial charge in [0.1, 0.15) is 0 Å². The molecule has 1 aromatic heterocycles. The summed E-state index contributed by atoms with van der Waals surface area (Å²) in [5.41, 5.74) is 0.500. The van der Waals surface area contributed by atoms with Crippen LogP contribution >= 0.6 is 0 Å². The van der Waals surface area contributed by atoms with Crippen molar-refractivity contribution in [2.24, 2.45) is 5.41 Å².